The summed E-state index contributed by atoms with van der Waals surface area (Å²) >= 11 is 0. The number of nitrogens with zero attached hydrogens (tertiary/aromatic N) is 3. The first kappa shape index (κ1) is 11.2. The third-order valence-electron chi connectivity index (χ3n) is 3.73. The van der Waals surface area contributed by atoms with Gasteiger partial charge in [0, 0.05) is 0 Å². The Bertz CT molecular complexity index is 605. The zero-order valence-corrected chi connectivity index (χ0v) is 10.2. The minimum atomic E-state index is -0.913. The molecule has 1 aromatic heterocycles. The van der Waals surface area contributed by atoms with Gasteiger partial charge in [-0.05, 0) is 43.4 Å². The molecule has 1 aliphatic rings. The maximum Gasteiger partial charge on any atom is 0.335 e. The van der Waals surface area contributed by atoms with E-state index in [1.807, 2.05) is 4.68 Å². The van der Waals surface area contributed by atoms with E-state index in [9.17, 15) is 4.79 Å². The molecule has 1 N–H and O–H groups in total. The lowest BCUT2D eigenvalue weighted by Crippen LogP contribution is -2.07. The second-order valence-corrected chi connectivity index (χ2v) is 5.11. The molecule has 1 aliphatic carbocycles. The monoisotopic (exact) mass is 245 g/mol. The Morgan fingerprint density at radius 3 is 2.94 bits per heavy atom. The van der Waals surface area contributed by atoms with Crippen LogP contribution >= 0.6 is 0 Å². The minimum Gasteiger partial charge on any atom is -0.478 e. The molecule has 0 radical (unpaired) electrons. The molecule has 0 bridgehead atoms. The Kier molecular flexibility index (Phi) is 2.54. The smallest absolute Gasteiger partial charge is 0.335 e. The summed E-state index contributed by atoms with van der Waals surface area (Å²) in [5, 5.41) is 17.3. The van der Waals surface area contributed by atoms with Gasteiger partial charge in [0.25, 0.3) is 0 Å². The molecule has 0 spiro atoms. The predicted octanol–water partition coefficient (Wildman–Crippen LogP) is 2.49. The maximum absolute atomic E-state index is 11.0. The van der Waals surface area contributed by atoms with Crippen LogP contribution < -0.4 is 0 Å². The largest absolute Gasteiger partial charge is 0.478 e. The summed E-state index contributed by atoms with van der Waals surface area (Å²) in [6.45, 7) is 2.24. The number of hydrogen-bond donors (Lipinski definition) is 1. The standard InChI is InChI=1S/C13H15N3O2/c1-8-2-4-10(6-8)16-12-7-9(13(17)18)3-5-11(12)14-15-16/h3,5,7-8,10H,2,4,6H2,1H3,(H,17,18). The molecular weight excluding hydrogens is 230 g/mol. The van der Waals surface area contributed by atoms with Crippen LogP contribution in [-0.4, -0.2) is 26.1 Å². The van der Waals surface area contributed by atoms with E-state index in [1.54, 1.807) is 18.2 Å². The quantitative estimate of drug-likeness (QED) is 0.882. The van der Waals surface area contributed by atoms with Crippen molar-refractivity contribution in [3.8, 4) is 0 Å². The minimum absolute atomic E-state index is 0.289. The third kappa shape index (κ3) is 1.75. The number of benzene rings is 1. The van der Waals surface area contributed by atoms with Crippen molar-refractivity contribution in [2.45, 2.75) is 32.2 Å². The van der Waals surface area contributed by atoms with Crippen LogP contribution in [0.2, 0.25) is 0 Å². The van der Waals surface area contributed by atoms with Crippen molar-refractivity contribution in [1.29, 1.82) is 0 Å². The molecular formula is C13H15N3O2. The fraction of sp³-hybridized carbons (Fsp3) is 0.462. The topological polar surface area (TPSA) is 68.0 Å². The average molecular weight is 245 g/mol. The molecule has 2 unspecified atom stereocenters. The van der Waals surface area contributed by atoms with Crippen LogP contribution in [-0.2, 0) is 0 Å². The molecule has 1 fully saturated rings. The van der Waals surface area contributed by atoms with Crippen molar-refractivity contribution >= 4 is 17.0 Å². The van der Waals surface area contributed by atoms with E-state index in [4.69, 9.17) is 5.11 Å². The lowest BCUT2D eigenvalue weighted by molar-refractivity contribution is 0.0697. The second-order valence-electron chi connectivity index (χ2n) is 5.11. The van der Waals surface area contributed by atoms with E-state index < -0.39 is 5.97 Å². The van der Waals surface area contributed by atoms with Gasteiger partial charge in [0.1, 0.15) is 5.52 Å². The van der Waals surface area contributed by atoms with Crippen molar-refractivity contribution < 1.29 is 9.90 Å². The number of carboxylic acid groups (broad SMARTS) is 1. The van der Waals surface area contributed by atoms with Crippen LogP contribution in [0.5, 0.6) is 0 Å². The number of fused-ring (bicyclic) bond motifs is 1. The highest BCUT2D eigenvalue weighted by Crippen LogP contribution is 2.35. The first-order chi connectivity index (χ1) is 8.65. The Morgan fingerprint density at radius 1 is 1.44 bits per heavy atom. The van der Waals surface area contributed by atoms with Gasteiger partial charge in [-0.1, -0.05) is 12.1 Å². The molecule has 0 amide bonds. The Hall–Kier alpha value is -1.91. The van der Waals surface area contributed by atoms with Crippen LogP contribution in [0.3, 0.4) is 0 Å². The number of carboxylic acids is 1. The molecule has 94 valence electrons. The fourth-order valence-corrected chi connectivity index (χ4v) is 2.74. The highest BCUT2D eigenvalue weighted by atomic mass is 16.4. The summed E-state index contributed by atoms with van der Waals surface area (Å²) in [6.07, 6.45) is 3.39. The highest BCUT2D eigenvalue weighted by Gasteiger charge is 2.25. The molecule has 1 saturated carbocycles. The van der Waals surface area contributed by atoms with E-state index in [1.165, 1.54) is 6.42 Å². The van der Waals surface area contributed by atoms with E-state index in [2.05, 4.69) is 17.2 Å². The Labute approximate surface area is 104 Å². The highest BCUT2D eigenvalue weighted by molar-refractivity contribution is 5.92. The predicted molar refractivity (Wildman–Crippen MR) is 66.5 cm³/mol. The van der Waals surface area contributed by atoms with E-state index >= 15 is 0 Å². The molecule has 0 aliphatic heterocycles. The molecule has 18 heavy (non-hydrogen) atoms. The van der Waals surface area contributed by atoms with Crippen LogP contribution in [0.25, 0.3) is 11.0 Å². The summed E-state index contributed by atoms with van der Waals surface area (Å²) in [5.41, 5.74) is 1.88. The van der Waals surface area contributed by atoms with Gasteiger partial charge in [0.15, 0.2) is 0 Å². The molecule has 5 nitrogen and oxygen atoms in total. The SMILES string of the molecule is CC1CCC(n2nnc3ccc(C(=O)O)cc32)C1. The fourth-order valence-electron chi connectivity index (χ4n) is 2.74. The van der Waals surface area contributed by atoms with Crippen LogP contribution in [0.15, 0.2) is 18.2 Å². The van der Waals surface area contributed by atoms with Crippen molar-refractivity contribution in [2.24, 2.45) is 5.92 Å². The van der Waals surface area contributed by atoms with Crippen molar-refractivity contribution in [3.63, 3.8) is 0 Å². The lowest BCUT2D eigenvalue weighted by Gasteiger charge is -2.10. The van der Waals surface area contributed by atoms with Gasteiger partial charge in [-0.3, -0.25) is 0 Å². The lowest BCUT2D eigenvalue weighted by atomic mass is 10.1. The zero-order chi connectivity index (χ0) is 12.7. The molecule has 2 aromatic rings. The van der Waals surface area contributed by atoms with Crippen molar-refractivity contribution in [3.05, 3.63) is 23.8 Å². The molecule has 1 aromatic carbocycles. The van der Waals surface area contributed by atoms with Gasteiger partial charge < -0.3 is 5.11 Å². The van der Waals surface area contributed by atoms with Crippen LogP contribution in [0.1, 0.15) is 42.6 Å². The average Bonchev–Trinajstić information content (AvgIpc) is 2.93. The number of aromatic carboxylic acids is 1. The van der Waals surface area contributed by atoms with Crippen LogP contribution in [0, 0.1) is 5.92 Å². The first-order valence-corrected chi connectivity index (χ1v) is 6.23. The Morgan fingerprint density at radius 2 is 2.28 bits per heavy atom. The Balaban J connectivity index is 2.06. The number of rotatable bonds is 2. The third-order valence-corrected chi connectivity index (χ3v) is 3.73. The first-order valence-electron chi connectivity index (χ1n) is 6.23. The van der Waals surface area contributed by atoms with Gasteiger partial charge in [-0.2, -0.15) is 0 Å². The van der Waals surface area contributed by atoms with Gasteiger partial charge in [0.05, 0.1) is 17.1 Å². The van der Waals surface area contributed by atoms with E-state index in [-0.39, 0.29) is 5.56 Å². The normalized spacial score (nSPS) is 23.6. The second kappa shape index (κ2) is 4.08. The van der Waals surface area contributed by atoms with E-state index in [0.29, 0.717) is 12.0 Å². The number of carbonyl (C=O) groups is 1. The molecule has 1 heterocycles. The van der Waals surface area contributed by atoms with Crippen LogP contribution in [0.4, 0.5) is 0 Å². The summed E-state index contributed by atoms with van der Waals surface area (Å²) in [6, 6.07) is 5.32. The summed E-state index contributed by atoms with van der Waals surface area (Å²) in [5.74, 6) is -0.207. The van der Waals surface area contributed by atoms with Crippen molar-refractivity contribution in [1.82, 2.24) is 15.0 Å². The van der Waals surface area contributed by atoms with Gasteiger partial charge in [-0.25, -0.2) is 9.48 Å². The van der Waals surface area contributed by atoms with E-state index in [0.717, 1.165) is 23.9 Å². The van der Waals surface area contributed by atoms with Gasteiger partial charge >= 0.3 is 5.97 Å². The summed E-state index contributed by atoms with van der Waals surface area (Å²) in [4.78, 5) is 11.0. The molecule has 0 saturated heterocycles. The zero-order valence-electron chi connectivity index (χ0n) is 10.2. The molecule has 3 rings (SSSR count). The van der Waals surface area contributed by atoms with Gasteiger partial charge in [-0.15, -0.1) is 5.10 Å². The molecule has 5 heteroatoms. The number of aromatic nitrogens is 3. The summed E-state index contributed by atoms with van der Waals surface area (Å²) < 4.78 is 1.89. The summed E-state index contributed by atoms with van der Waals surface area (Å²) in [7, 11) is 0. The van der Waals surface area contributed by atoms with Crippen molar-refractivity contribution in [2.75, 3.05) is 0 Å². The van der Waals surface area contributed by atoms with Gasteiger partial charge in [0.2, 0.25) is 0 Å². The molecule has 2 atom stereocenters. The maximum atomic E-state index is 11.0. The number of hydrogen-bond acceptors (Lipinski definition) is 3.